The van der Waals surface area contributed by atoms with E-state index in [2.05, 4.69) is 15.3 Å². The van der Waals surface area contributed by atoms with Crippen LogP contribution in [0.1, 0.15) is 0 Å². The molecular weight excluding hydrogens is 446 g/mol. The number of benzene rings is 2. The van der Waals surface area contributed by atoms with Gasteiger partial charge in [-0.2, -0.15) is 0 Å². The molecule has 154 valence electrons. The molecule has 2 aromatic carbocycles. The number of nitrogens with two attached hydrogens (primary N) is 2. The molecule has 30 heavy (non-hydrogen) atoms. The van der Waals surface area contributed by atoms with Crippen molar-refractivity contribution < 1.29 is 18.6 Å². The van der Waals surface area contributed by atoms with Gasteiger partial charge in [-0.3, -0.25) is 0 Å². The minimum atomic E-state index is -3.75. The van der Waals surface area contributed by atoms with Crippen LogP contribution in [0.15, 0.2) is 52.7 Å². The van der Waals surface area contributed by atoms with Crippen LogP contribution in [0.5, 0.6) is 11.5 Å². The van der Waals surface area contributed by atoms with Crippen LogP contribution in [-0.2, 0) is 10.0 Å². The molecule has 0 aliphatic heterocycles. The number of aromatic nitrogens is 2. The van der Waals surface area contributed by atoms with Crippen molar-refractivity contribution in [2.75, 3.05) is 11.1 Å². The lowest BCUT2D eigenvalue weighted by Crippen LogP contribution is -2.11. The summed E-state index contributed by atoms with van der Waals surface area (Å²) in [5.41, 5.74) is 7.97. The number of sulfonamides is 1. The van der Waals surface area contributed by atoms with Gasteiger partial charge >= 0.3 is 0 Å². The predicted octanol–water partition coefficient (Wildman–Crippen LogP) is 3.32. The van der Waals surface area contributed by atoms with Crippen molar-refractivity contribution in [2.45, 2.75) is 4.90 Å². The number of phenols is 2. The molecular formula is C18H15N5O4S3. The highest BCUT2D eigenvalue weighted by molar-refractivity contribution is 7.89. The number of phenolic OH excluding ortho intramolecular Hbond substituents is 2. The molecule has 0 aliphatic rings. The number of nitrogen functional groups attached to an aromatic ring is 1. The first-order valence-electron chi connectivity index (χ1n) is 8.35. The third kappa shape index (κ3) is 4.07. The van der Waals surface area contributed by atoms with E-state index in [-0.39, 0.29) is 16.4 Å². The quantitative estimate of drug-likeness (QED) is 0.282. The molecule has 4 aromatic rings. The van der Waals surface area contributed by atoms with Crippen LogP contribution in [0.4, 0.5) is 16.6 Å². The molecule has 0 unspecified atom stereocenters. The summed E-state index contributed by atoms with van der Waals surface area (Å²) in [6.07, 6.45) is 0. The zero-order valence-corrected chi connectivity index (χ0v) is 17.6. The minimum Gasteiger partial charge on any atom is -0.504 e. The molecule has 12 heteroatoms. The summed E-state index contributed by atoms with van der Waals surface area (Å²) in [7, 11) is -3.75. The molecule has 9 nitrogen and oxygen atoms in total. The van der Waals surface area contributed by atoms with E-state index in [1.807, 2.05) is 5.38 Å². The molecule has 4 rings (SSSR count). The fourth-order valence-electron chi connectivity index (χ4n) is 2.58. The molecule has 2 heterocycles. The number of hydrogen-bond acceptors (Lipinski definition) is 10. The average molecular weight is 462 g/mol. The first kappa shape index (κ1) is 20.1. The third-order valence-electron chi connectivity index (χ3n) is 4.06. The van der Waals surface area contributed by atoms with E-state index in [0.717, 1.165) is 0 Å². The zero-order valence-electron chi connectivity index (χ0n) is 15.1. The smallest absolute Gasteiger partial charge is 0.238 e. The first-order chi connectivity index (χ1) is 14.2. The zero-order chi connectivity index (χ0) is 21.5. The third-order valence-corrected chi connectivity index (χ3v) is 6.97. The Bertz CT molecular complexity index is 1330. The fraction of sp³-hybridized carbons (Fsp3) is 0. The SMILES string of the molecule is Nc1nc(Nc2ccc(S(N)(=O)=O)cc2)sc1-c1nc(-c2ccc(O)c(O)c2)cs1. The topological polar surface area (TPSA) is 164 Å². The maximum absolute atomic E-state index is 11.3. The lowest BCUT2D eigenvalue weighted by Gasteiger charge is -2.03. The van der Waals surface area contributed by atoms with Gasteiger partial charge in [0.25, 0.3) is 0 Å². The van der Waals surface area contributed by atoms with Crippen LogP contribution < -0.4 is 16.2 Å². The largest absolute Gasteiger partial charge is 0.504 e. The van der Waals surface area contributed by atoms with Crippen molar-refractivity contribution in [3.8, 4) is 32.6 Å². The Balaban J connectivity index is 1.57. The normalized spacial score (nSPS) is 11.5. The van der Waals surface area contributed by atoms with Gasteiger partial charge in [0.2, 0.25) is 10.0 Å². The standard InChI is InChI=1S/C18H15N5O4S3/c19-16-15(17-22-12(8-28-17)9-1-6-13(24)14(25)7-9)29-18(23-16)21-10-2-4-11(5-3-10)30(20,26)27/h1-8,24-25H,19H2,(H,21,23)(H2,20,26,27). The molecule has 0 bridgehead atoms. The highest BCUT2D eigenvalue weighted by atomic mass is 32.2. The Hall–Kier alpha value is -3.19. The Morgan fingerprint density at radius 1 is 1.00 bits per heavy atom. The van der Waals surface area contributed by atoms with Crippen LogP contribution in [0.3, 0.4) is 0 Å². The maximum Gasteiger partial charge on any atom is 0.238 e. The fourth-order valence-corrected chi connectivity index (χ4v) is 4.93. The molecule has 2 aromatic heterocycles. The second kappa shape index (κ2) is 7.57. The van der Waals surface area contributed by atoms with Crippen molar-refractivity contribution in [2.24, 2.45) is 5.14 Å². The minimum absolute atomic E-state index is 0.0166. The summed E-state index contributed by atoms with van der Waals surface area (Å²) in [5.74, 6) is -0.119. The van der Waals surface area contributed by atoms with Gasteiger partial charge in [0.1, 0.15) is 15.7 Å². The lowest BCUT2D eigenvalue weighted by atomic mass is 10.1. The number of rotatable bonds is 5. The van der Waals surface area contributed by atoms with Gasteiger partial charge < -0.3 is 21.3 Å². The van der Waals surface area contributed by atoms with Crippen molar-refractivity contribution in [1.29, 1.82) is 0 Å². The summed E-state index contributed by atoms with van der Waals surface area (Å²) in [4.78, 5) is 9.54. The van der Waals surface area contributed by atoms with Crippen molar-refractivity contribution in [3.05, 3.63) is 47.8 Å². The number of thiazole rings is 2. The number of hydrogen-bond donors (Lipinski definition) is 5. The molecule has 0 fully saturated rings. The summed E-state index contributed by atoms with van der Waals surface area (Å²) in [5, 5.41) is 30.3. The van der Waals surface area contributed by atoms with Gasteiger partial charge in [-0.1, -0.05) is 11.3 Å². The van der Waals surface area contributed by atoms with Gasteiger partial charge in [0.05, 0.1) is 10.6 Å². The lowest BCUT2D eigenvalue weighted by molar-refractivity contribution is 0.404. The first-order valence-corrected chi connectivity index (χ1v) is 11.6. The summed E-state index contributed by atoms with van der Waals surface area (Å²) in [6.45, 7) is 0. The van der Waals surface area contributed by atoms with E-state index in [0.29, 0.717) is 37.8 Å². The Labute approximate surface area is 179 Å². The van der Waals surface area contributed by atoms with E-state index < -0.39 is 10.0 Å². The van der Waals surface area contributed by atoms with Gasteiger partial charge in [-0.15, -0.1) is 11.3 Å². The molecule has 0 spiro atoms. The van der Waals surface area contributed by atoms with Crippen molar-refractivity contribution >= 4 is 49.3 Å². The van der Waals surface area contributed by atoms with Gasteiger partial charge in [0, 0.05) is 16.6 Å². The summed E-state index contributed by atoms with van der Waals surface area (Å²) < 4.78 is 22.7. The highest BCUT2D eigenvalue weighted by Crippen LogP contribution is 2.40. The van der Waals surface area contributed by atoms with E-state index in [1.54, 1.807) is 18.2 Å². The van der Waals surface area contributed by atoms with Gasteiger partial charge in [-0.25, -0.2) is 23.5 Å². The number of anilines is 3. The van der Waals surface area contributed by atoms with Crippen LogP contribution in [0, 0.1) is 0 Å². The van der Waals surface area contributed by atoms with E-state index in [4.69, 9.17) is 10.9 Å². The second-order valence-electron chi connectivity index (χ2n) is 6.17. The molecule has 7 N–H and O–H groups in total. The van der Waals surface area contributed by atoms with Crippen LogP contribution in [-0.4, -0.2) is 28.6 Å². The number of aromatic hydroxyl groups is 2. The van der Waals surface area contributed by atoms with Crippen molar-refractivity contribution in [3.63, 3.8) is 0 Å². The van der Waals surface area contributed by atoms with E-state index in [9.17, 15) is 18.6 Å². The Morgan fingerprint density at radius 2 is 1.73 bits per heavy atom. The van der Waals surface area contributed by atoms with E-state index in [1.165, 1.54) is 46.9 Å². The number of nitrogens with one attached hydrogen (secondary N) is 1. The molecule has 0 aliphatic carbocycles. The summed E-state index contributed by atoms with van der Waals surface area (Å²) >= 11 is 2.67. The maximum atomic E-state index is 11.3. The molecule has 0 saturated heterocycles. The monoisotopic (exact) mass is 461 g/mol. The number of primary sulfonamides is 1. The van der Waals surface area contributed by atoms with Crippen LogP contribution in [0.25, 0.3) is 21.1 Å². The molecule has 0 saturated carbocycles. The molecule has 0 radical (unpaired) electrons. The van der Waals surface area contributed by atoms with Crippen LogP contribution in [0.2, 0.25) is 0 Å². The Kier molecular flexibility index (Phi) is 5.07. The number of nitrogens with zero attached hydrogens (tertiary/aromatic N) is 2. The van der Waals surface area contributed by atoms with Gasteiger partial charge in [0.15, 0.2) is 16.6 Å². The van der Waals surface area contributed by atoms with Crippen LogP contribution >= 0.6 is 22.7 Å². The van der Waals surface area contributed by atoms with Crippen molar-refractivity contribution in [1.82, 2.24) is 9.97 Å². The Morgan fingerprint density at radius 3 is 2.40 bits per heavy atom. The van der Waals surface area contributed by atoms with E-state index >= 15 is 0 Å². The molecule has 0 atom stereocenters. The highest BCUT2D eigenvalue weighted by Gasteiger charge is 2.16. The second-order valence-corrected chi connectivity index (χ2v) is 9.59. The van der Waals surface area contributed by atoms with Gasteiger partial charge in [-0.05, 0) is 42.5 Å². The predicted molar refractivity (Wildman–Crippen MR) is 117 cm³/mol. The average Bonchev–Trinajstić information content (AvgIpc) is 3.30. The molecule has 0 amide bonds. The summed E-state index contributed by atoms with van der Waals surface area (Å²) in [6, 6.07) is 10.4.